The van der Waals surface area contributed by atoms with Crippen molar-refractivity contribution in [3.8, 4) is 0 Å². The van der Waals surface area contributed by atoms with E-state index >= 15 is 0 Å². The van der Waals surface area contributed by atoms with Gasteiger partial charge in [-0.1, -0.05) is 17.7 Å². The zero-order valence-corrected chi connectivity index (χ0v) is 9.73. The highest BCUT2D eigenvalue weighted by Crippen LogP contribution is 2.25. The predicted octanol–water partition coefficient (Wildman–Crippen LogP) is 3.02. The van der Waals surface area contributed by atoms with Gasteiger partial charge in [0.2, 0.25) is 0 Å². The Bertz CT molecular complexity index is 486. The first-order chi connectivity index (χ1) is 7.08. The summed E-state index contributed by atoms with van der Waals surface area (Å²) in [5, 5.41) is 1.99. The van der Waals surface area contributed by atoms with Gasteiger partial charge in [-0.2, -0.15) is 0 Å². The molecule has 0 aliphatic heterocycles. The first-order valence-corrected chi connectivity index (χ1v) is 5.48. The lowest BCUT2D eigenvalue weighted by molar-refractivity contribution is 0.738. The fourth-order valence-electron chi connectivity index (χ4n) is 1.95. The number of fused-ring (bicyclic) bond motifs is 1. The summed E-state index contributed by atoms with van der Waals surface area (Å²) < 4.78 is 0. The summed E-state index contributed by atoms with van der Waals surface area (Å²) in [4.78, 5) is 3.33. The van der Waals surface area contributed by atoms with Crippen molar-refractivity contribution in [2.24, 2.45) is 5.73 Å². The molecule has 1 aromatic heterocycles. The van der Waals surface area contributed by atoms with Crippen LogP contribution < -0.4 is 5.73 Å². The van der Waals surface area contributed by atoms with Crippen molar-refractivity contribution >= 4 is 22.5 Å². The highest BCUT2D eigenvalue weighted by Gasteiger charge is 2.09. The molecular formula is C12H15ClN2. The molecule has 80 valence electrons. The normalized spacial score (nSPS) is 13.3. The van der Waals surface area contributed by atoms with Crippen LogP contribution in [0.5, 0.6) is 0 Å². The standard InChI is InChI=1S/C12H15ClN2/c1-7(14)5-11-8(2)15-12-6-9(13)3-4-10(11)12/h3-4,6-7,15H,5,14H2,1-2H3. The Labute approximate surface area is 94.4 Å². The molecule has 1 unspecified atom stereocenters. The topological polar surface area (TPSA) is 41.8 Å². The van der Waals surface area contributed by atoms with E-state index in [0.717, 1.165) is 17.0 Å². The first-order valence-electron chi connectivity index (χ1n) is 5.10. The van der Waals surface area contributed by atoms with Crippen molar-refractivity contribution in [1.29, 1.82) is 0 Å². The molecule has 2 nitrogen and oxygen atoms in total. The third-order valence-electron chi connectivity index (χ3n) is 2.61. The van der Waals surface area contributed by atoms with Gasteiger partial charge in [-0.05, 0) is 38.0 Å². The molecule has 0 bridgehead atoms. The number of nitrogens with one attached hydrogen (secondary N) is 1. The van der Waals surface area contributed by atoms with Gasteiger partial charge in [0, 0.05) is 27.7 Å². The number of rotatable bonds is 2. The Balaban J connectivity index is 2.58. The third kappa shape index (κ3) is 2.01. The quantitative estimate of drug-likeness (QED) is 0.806. The summed E-state index contributed by atoms with van der Waals surface area (Å²) in [7, 11) is 0. The average Bonchev–Trinajstić information content (AvgIpc) is 2.41. The lowest BCUT2D eigenvalue weighted by Crippen LogP contribution is -2.18. The van der Waals surface area contributed by atoms with E-state index in [-0.39, 0.29) is 6.04 Å². The molecule has 0 saturated carbocycles. The van der Waals surface area contributed by atoms with E-state index in [9.17, 15) is 0 Å². The van der Waals surface area contributed by atoms with Crippen LogP contribution in [0.2, 0.25) is 5.02 Å². The molecule has 15 heavy (non-hydrogen) atoms. The van der Waals surface area contributed by atoms with Gasteiger partial charge in [-0.3, -0.25) is 0 Å². The monoisotopic (exact) mass is 222 g/mol. The molecule has 0 aliphatic rings. The van der Waals surface area contributed by atoms with Gasteiger partial charge in [0.05, 0.1) is 0 Å². The number of nitrogens with two attached hydrogens (primary N) is 1. The zero-order valence-electron chi connectivity index (χ0n) is 8.97. The summed E-state index contributed by atoms with van der Waals surface area (Å²) in [6.07, 6.45) is 0.896. The fraction of sp³-hybridized carbons (Fsp3) is 0.333. The smallest absolute Gasteiger partial charge is 0.0473 e. The molecule has 1 heterocycles. The Kier molecular flexibility index (Phi) is 2.72. The van der Waals surface area contributed by atoms with Gasteiger partial charge in [-0.25, -0.2) is 0 Å². The number of hydrogen-bond donors (Lipinski definition) is 2. The number of aryl methyl sites for hydroxylation is 1. The molecule has 1 atom stereocenters. The molecule has 2 aromatic rings. The van der Waals surface area contributed by atoms with Crippen LogP contribution in [0.4, 0.5) is 0 Å². The first kappa shape index (κ1) is 10.5. The number of H-pyrrole nitrogens is 1. The summed E-state index contributed by atoms with van der Waals surface area (Å²) >= 11 is 5.94. The van der Waals surface area contributed by atoms with Crippen LogP contribution in [-0.2, 0) is 6.42 Å². The van der Waals surface area contributed by atoms with Crippen LogP contribution in [0.15, 0.2) is 18.2 Å². The number of benzene rings is 1. The second-order valence-electron chi connectivity index (χ2n) is 4.10. The van der Waals surface area contributed by atoms with Crippen LogP contribution in [0.25, 0.3) is 10.9 Å². The predicted molar refractivity (Wildman–Crippen MR) is 65.4 cm³/mol. The second kappa shape index (κ2) is 3.87. The van der Waals surface area contributed by atoms with Crippen LogP contribution in [0, 0.1) is 6.92 Å². The minimum absolute atomic E-state index is 0.179. The third-order valence-corrected chi connectivity index (χ3v) is 2.84. The molecule has 2 rings (SSSR count). The number of aromatic amines is 1. The largest absolute Gasteiger partial charge is 0.358 e. The summed E-state index contributed by atoms with van der Waals surface area (Å²) in [5.74, 6) is 0. The second-order valence-corrected chi connectivity index (χ2v) is 4.54. The Morgan fingerprint density at radius 2 is 2.20 bits per heavy atom. The van der Waals surface area contributed by atoms with Gasteiger partial charge in [0.25, 0.3) is 0 Å². The molecule has 0 aliphatic carbocycles. The van der Waals surface area contributed by atoms with E-state index < -0.39 is 0 Å². The highest BCUT2D eigenvalue weighted by molar-refractivity contribution is 6.31. The maximum Gasteiger partial charge on any atom is 0.0473 e. The van der Waals surface area contributed by atoms with E-state index in [1.54, 1.807) is 0 Å². The van der Waals surface area contributed by atoms with E-state index in [2.05, 4.69) is 18.0 Å². The summed E-state index contributed by atoms with van der Waals surface area (Å²) in [6.45, 7) is 4.10. The maximum atomic E-state index is 5.94. The van der Waals surface area contributed by atoms with E-state index in [1.807, 2.05) is 19.1 Å². The molecular weight excluding hydrogens is 208 g/mol. The van der Waals surface area contributed by atoms with Crippen LogP contribution in [-0.4, -0.2) is 11.0 Å². The van der Waals surface area contributed by atoms with E-state index in [4.69, 9.17) is 17.3 Å². The molecule has 0 amide bonds. The minimum Gasteiger partial charge on any atom is -0.358 e. The van der Waals surface area contributed by atoms with Gasteiger partial charge >= 0.3 is 0 Å². The van der Waals surface area contributed by atoms with Gasteiger partial charge < -0.3 is 10.7 Å². The molecule has 0 saturated heterocycles. The lowest BCUT2D eigenvalue weighted by atomic mass is 10.0. The SMILES string of the molecule is Cc1[nH]c2cc(Cl)ccc2c1CC(C)N. The van der Waals surface area contributed by atoms with Gasteiger partial charge in [0.1, 0.15) is 0 Å². The lowest BCUT2D eigenvalue weighted by Gasteiger charge is -2.04. The van der Waals surface area contributed by atoms with Crippen molar-refractivity contribution in [3.63, 3.8) is 0 Å². The summed E-state index contributed by atoms with van der Waals surface area (Å²) in [5.41, 5.74) is 9.41. The molecule has 0 radical (unpaired) electrons. The minimum atomic E-state index is 0.179. The molecule has 0 spiro atoms. The van der Waals surface area contributed by atoms with Crippen molar-refractivity contribution < 1.29 is 0 Å². The Hall–Kier alpha value is -0.990. The van der Waals surface area contributed by atoms with Crippen molar-refractivity contribution in [2.75, 3.05) is 0 Å². The van der Waals surface area contributed by atoms with Gasteiger partial charge in [0.15, 0.2) is 0 Å². The van der Waals surface area contributed by atoms with Crippen LogP contribution in [0.3, 0.4) is 0 Å². The number of hydrogen-bond acceptors (Lipinski definition) is 1. The maximum absolute atomic E-state index is 5.94. The molecule has 0 fully saturated rings. The zero-order chi connectivity index (χ0) is 11.0. The average molecular weight is 223 g/mol. The highest BCUT2D eigenvalue weighted by atomic mass is 35.5. The molecule has 3 heteroatoms. The number of aromatic nitrogens is 1. The number of halogens is 1. The van der Waals surface area contributed by atoms with Crippen LogP contribution in [0.1, 0.15) is 18.2 Å². The van der Waals surface area contributed by atoms with E-state index in [1.165, 1.54) is 16.6 Å². The molecule has 1 aromatic carbocycles. The van der Waals surface area contributed by atoms with Crippen molar-refractivity contribution in [1.82, 2.24) is 4.98 Å². The van der Waals surface area contributed by atoms with Crippen molar-refractivity contribution in [2.45, 2.75) is 26.3 Å². The Morgan fingerprint density at radius 3 is 2.87 bits per heavy atom. The van der Waals surface area contributed by atoms with E-state index in [0.29, 0.717) is 0 Å². The molecule has 3 N–H and O–H groups in total. The van der Waals surface area contributed by atoms with Gasteiger partial charge in [-0.15, -0.1) is 0 Å². The van der Waals surface area contributed by atoms with Crippen molar-refractivity contribution in [3.05, 3.63) is 34.5 Å². The summed E-state index contributed by atoms with van der Waals surface area (Å²) in [6, 6.07) is 6.10. The fourth-order valence-corrected chi connectivity index (χ4v) is 2.12. The van der Waals surface area contributed by atoms with Crippen LogP contribution >= 0.6 is 11.6 Å². The Morgan fingerprint density at radius 1 is 1.47 bits per heavy atom.